The lowest BCUT2D eigenvalue weighted by Gasteiger charge is -2.41. The molecule has 2 aliphatic rings. The number of rotatable bonds is 3. The van der Waals surface area contributed by atoms with Crippen LogP contribution in [0.15, 0.2) is 48.5 Å². The van der Waals surface area contributed by atoms with Crippen molar-refractivity contribution in [3.63, 3.8) is 0 Å². The number of methoxy groups -OCH3 is 1. The summed E-state index contributed by atoms with van der Waals surface area (Å²) in [6, 6.07) is 15.1. The number of amides is 2. The second kappa shape index (κ2) is 7.06. The van der Waals surface area contributed by atoms with Gasteiger partial charge in [-0.25, -0.2) is 0 Å². The van der Waals surface area contributed by atoms with E-state index in [0.717, 1.165) is 36.3 Å². The number of benzene rings is 2. The molecular formula is C22H24N2O3. The van der Waals surface area contributed by atoms with Gasteiger partial charge in [-0.05, 0) is 43.5 Å². The molecule has 140 valence electrons. The fourth-order valence-corrected chi connectivity index (χ4v) is 4.17. The molecule has 2 heterocycles. The summed E-state index contributed by atoms with van der Waals surface area (Å²) in [5.41, 5.74) is 2.59. The number of carbonyl (C=O) groups excluding carboxylic acids is 2. The minimum atomic E-state index is -0.402. The molecule has 0 aliphatic carbocycles. The first-order chi connectivity index (χ1) is 13.1. The van der Waals surface area contributed by atoms with Crippen molar-refractivity contribution in [1.29, 1.82) is 0 Å². The lowest BCUT2D eigenvalue weighted by molar-refractivity contribution is -0.141. The highest BCUT2D eigenvalue weighted by Gasteiger charge is 2.42. The predicted molar refractivity (Wildman–Crippen MR) is 104 cm³/mol. The molecule has 5 heteroatoms. The van der Waals surface area contributed by atoms with E-state index in [1.54, 1.807) is 12.0 Å². The van der Waals surface area contributed by atoms with Crippen LogP contribution >= 0.6 is 0 Å². The van der Waals surface area contributed by atoms with E-state index in [0.29, 0.717) is 12.1 Å². The highest BCUT2D eigenvalue weighted by molar-refractivity contribution is 5.98. The zero-order chi connectivity index (χ0) is 19.0. The van der Waals surface area contributed by atoms with E-state index in [9.17, 15) is 9.59 Å². The van der Waals surface area contributed by atoms with Crippen LogP contribution in [0.5, 0.6) is 5.75 Å². The Hall–Kier alpha value is -2.82. The van der Waals surface area contributed by atoms with E-state index >= 15 is 0 Å². The standard InChI is InChI=1S/C22H24N2O3/c1-15-21(25)23-13-5-6-18(23)14-24(15)22(26)17-11-9-16(10-12-17)19-7-3-4-8-20(19)27-2/h3-4,7-12,15,18H,5-6,13-14H2,1-2H3/t15-,18+/m0/s1. The van der Waals surface area contributed by atoms with E-state index in [4.69, 9.17) is 4.74 Å². The van der Waals surface area contributed by atoms with E-state index < -0.39 is 6.04 Å². The lowest BCUT2D eigenvalue weighted by atomic mass is 10.0. The Bertz CT molecular complexity index is 862. The third kappa shape index (κ3) is 3.07. The highest BCUT2D eigenvalue weighted by Crippen LogP contribution is 2.30. The van der Waals surface area contributed by atoms with Gasteiger partial charge in [-0.15, -0.1) is 0 Å². The third-order valence-electron chi connectivity index (χ3n) is 5.70. The summed E-state index contributed by atoms with van der Waals surface area (Å²) in [6.07, 6.45) is 2.01. The van der Waals surface area contributed by atoms with Gasteiger partial charge >= 0.3 is 0 Å². The fourth-order valence-electron chi connectivity index (χ4n) is 4.17. The Morgan fingerprint density at radius 1 is 1.11 bits per heavy atom. The molecule has 0 unspecified atom stereocenters. The summed E-state index contributed by atoms with van der Waals surface area (Å²) < 4.78 is 5.42. The molecular weight excluding hydrogens is 340 g/mol. The smallest absolute Gasteiger partial charge is 0.254 e. The third-order valence-corrected chi connectivity index (χ3v) is 5.70. The van der Waals surface area contributed by atoms with Crippen LogP contribution in [-0.2, 0) is 4.79 Å². The molecule has 0 saturated carbocycles. The zero-order valence-corrected chi connectivity index (χ0v) is 15.7. The molecule has 0 radical (unpaired) electrons. The molecule has 4 rings (SSSR count). The minimum absolute atomic E-state index is 0.0720. The monoisotopic (exact) mass is 364 g/mol. The Labute approximate surface area is 159 Å². The van der Waals surface area contributed by atoms with Crippen molar-refractivity contribution < 1.29 is 14.3 Å². The van der Waals surface area contributed by atoms with Crippen LogP contribution in [0.4, 0.5) is 0 Å². The molecule has 5 nitrogen and oxygen atoms in total. The summed E-state index contributed by atoms with van der Waals surface area (Å²) in [5, 5.41) is 0. The van der Waals surface area contributed by atoms with Crippen LogP contribution in [0.25, 0.3) is 11.1 Å². The molecule has 2 saturated heterocycles. The van der Waals surface area contributed by atoms with E-state index in [1.807, 2.05) is 60.4 Å². The van der Waals surface area contributed by atoms with Gasteiger partial charge in [-0.1, -0.05) is 30.3 Å². The van der Waals surface area contributed by atoms with Crippen molar-refractivity contribution in [3.05, 3.63) is 54.1 Å². The van der Waals surface area contributed by atoms with Gasteiger partial charge in [0, 0.05) is 30.3 Å². The number of hydrogen-bond donors (Lipinski definition) is 0. The van der Waals surface area contributed by atoms with Crippen molar-refractivity contribution in [2.45, 2.75) is 31.8 Å². The maximum atomic E-state index is 13.0. The summed E-state index contributed by atoms with van der Waals surface area (Å²) in [4.78, 5) is 29.3. The Balaban J connectivity index is 1.57. The Morgan fingerprint density at radius 3 is 2.59 bits per heavy atom. The molecule has 2 aromatic carbocycles. The number of hydrogen-bond acceptors (Lipinski definition) is 3. The number of nitrogens with zero attached hydrogens (tertiary/aromatic N) is 2. The lowest BCUT2D eigenvalue weighted by Crippen LogP contribution is -2.60. The predicted octanol–water partition coefficient (Wildman–Crippen LogP) is 3.20. The summed E-state index contributed by atoms with van der Waals surface area (Å²) >= 11 is 0. The number of fused-ring (bicyclic) bond motifs is 1. The van der Waals surface area contributed by atoms with Crippen LogP contribution in [0.2, 0.25) is 0 Å². The van der Waals surface area contributed by atoms with Gasteiger partial charge in [0.15, 0.2) is 0 Å². The van der Waals surface area contributed by atoms with Crippen LogP contribution < -0.4 is 4.74 Å². The van der Waals surface area contributed by atoms with Gasteiger partial charge in [-0.2, -0.15) is 0 Å². The molecule has 0 spiro atoms. The first-order valence-corrected chi connectivity index (χ1v) is 9.45. The van der Waals surface area contributed by atoms with Crippen molar-refractivity contribution in [2.24, 2.45) is 0 Å². The van der Waals surface area contributed by atoms with E-state index in [2.05, 4.69) is 0 Å². The van der Waals surface area contributed by atoms with Crippen molar-refractivity contribution >= 4 is 11.8 Å². The summed E-state index contributed by atoms with van der Waals surface area (Å²) in [5.74, 6) is 0.796. The molecule has 27 heavy (non-hydrogen) atoms. The highest BCUT2D eigenvalue weighted by atomic mass is 16.5. The van der Waals surface area contributed by atoms with Crippen LogP contribution in [0.1, 0.15) is 30.1 Å². The fraction of sp³-hybridized carbons (Fsp3) is 0.364. The van der Waals surface area contributed by atoms with Crippen molar-refractivity contribution in [2.75, 3.05) is 20.2 Å². The van der Waals surface area contributed by atoms with Crippen molar-refractivity contribution in [3.8, 4) is 16.9 Å². The molecule has 2 atom stereocenters. The quantitative estimate of drug-likeness (QED) is 0.840. The SMILES string of the molecule is COc1ccccc1-c1ccc(C(=O)N2C[C@H]3CCCN3C(=O)[C@@H]2C)cc1. The largest absolute Gasteiger partial charge is 0.496 e. The van der Waals surface area contributed by atoms with E-state index in [-0.39, 0.29) is 17.9 Å². The number of carbonyl (C=O) groups is 2. The van der Waals surface area contributed by atoms with Gasteiger partial charge in [0.25, 0.3) is 5.91 Å². The van der Waals surface area contributed by atoms with Gasteiger partial charge < -0.3 is 14.5 Å². The number of ether oxygens (including phenoxy) is 1. The molecule has 0 N–H and O–H groups in total. The molecule has 0 aromatic heterocycles. The van der Waals surface area contributed by atoms with Gasteiger partial charge in [0.05, 0.1) is 7.11 Å². The summed E-state index contributed by atoms with van der Waals surface area (Å²) in [7, 11) is 1.65. The zero-order valence-electron chi connectivity index (χ0n) is 15.7. The molecule has 2 aromatic rings. The molecule has 2 fully saturated rings. The normalized spacial score (nSPS) is 21.9. The average Bonchev–Trinajstić information content (AvgIpc) is 3.19. The van der Waals surface area contributed by atoms with Crippen LogP contribution in [-0.4, -0.2) is 53.9 Å². The first-order valence-electron chi connectivity index (χ1n) is 9.45. The van der Waals surface area contributed by atoms with Gasteiger partial charge in [-0.3, -0.25) is 9.59 Å². The van der Waals surface area contributed by atoms with Crippen LogP contribution in [0.3, 0.4) is 0 Å². The Morgan fingerprint density at radius 2 is 1.85 bits per heavy atom. The molecule has 2 aliphatic heterocycles. The van der Waals surface area contributed by atoms with Crippen molar-refractivity contribution in [1.82, 2.24) is 9.80 Å². The maximum Gasteiger partial charge on any atom is 0.254 e. The number of para-hydroxylation sites is 1. The second-order valence-electron chi connectivity index (χ2n) is 7.24. The topological polar surface area (TPSA) is 49.9 Å². The summed E-state index contributed by atoms with van der Waals surface area (Å²) in [6.45, 7) is 3.28. The van der Waals surface area contributed by atoms with Gasteiger partial charge in [0.2, 0.25) is 5.91 Å². The number of piperazine rings is 1. The van der Waals surface area contributed by atoms with Crippen LogP contribution in [0, 0.1) is 0 Å². The Kier molecular flexibility index (Phi) is 4.60. The maximum absolute atomic E-state index is 13.0. The second-order valence-corrected chi connectivity index (χ2v) is 7.24. The van der Waals surface area contributed by atoms with E-state index in [1.165, 1.54) is 0 Å². The molecule has 2 amide bonds. The first kappa shape index (κ1) is 17.6. The molecule has 0 bridgehead atoms. The average molecular weight is 364 g/mol. The minimum Gasteiger partial charge on any atom is -0.496 e. The van der Waals surface area contributed by atoms with Gasteiger partial charge in [0.1, 0.15) is 11.8 Å².